The number of carboxylic acid groups (broad SMARTS) is 1. The average Bonchev–Trinajstić information content (AvgIpc) is 2.52. The van der Waals surface area contributed by atoms with Crippen molar-refractivity contribution >= 4 is 5.97 Å². The van der Waals surface area contributed by atoms with Gasteiger partial charge in [0, 0.05) is 18.9 Å². The van der Waals surface area contributed by atoms with Crippen molar-refractivity contribution in [1.29, 1.82) is 0 Å². The molecule has 0 saturated heterocycles. The first-order chi connectivity index (χ1) is 8.01. The number of ether oxygens (including phenoxy) is 2. The fourth-order valence-electron chi connectivity index (χ4n) is 1.62. The number of carbonyl (C=O) groups is 1. The smallest absolute Gasteiger partial charge is 0.161 e. The van der Waals surface area contributed by atoms with E-state index in [1.165, 1.54) is 6.92 Å². The van der Waals surface area contributed by atoms with Gasteiger partial charge in [-0.15, -0.1) is 0 Å². The summed E-state index contributed by atoms with van der Waals surface area (Å²) in [5.41, 5.74) is 2.91. The number of hydrogen-bond donors (Lipinski definition) is 1. The van der Waals surface area contributed by atoms with E-state index in [4.69, 9.17) is 9.47 Å². The largest absolute Gasteiger partial charge is 0.543 e. The van der Waals surface area contributed by atoms with Crippen LogP contribution in [0.25, 0.3) is 0 Å². The SMILES string of the molecule is C[C@@]([NH3+])(C(=O)[O-])c1ccc2c(c1)OCCCO2. The van der Waals surface area contributed by atoms with Crippen LogP contribution >= 0.6 is 0 Å². The zero-order valence-corrected chi connectivity index (χ0v) is 9.69. The molecular formula is C12H15NO4. The Labute approximate surface area is 99.1 Å². The molecule has 5 nitrogen and oxygen atoms in total. The standard InChI is InChI=1S/C12H15NO4/c1-12(13,11(14)15)8-3-4-9-10(7-8)17-6-2-5-16-9/h3-4,7H,2,5-6,13H2,1H3,(H,14,15)/t12-/m0/s1. The van der Waals surface area contributed by atoms with Gasteiger partial charge in [-0.2, -0.15) is 0 Å². The van der Waals surface area contributed by atoms with Crippen LogP contribution in [-0.4, -0.2) is 19.2 Å². The first-order valence-corrected chi connectivity index (χ1v) is 5.49. The molecule has 92 valence electrons. The van der Waals surface area contributed by atoms with Crippen molar-refractivity contribution in [1.82, 2.24) is 0 Å². The molecule has 0 unspecified atom stereocenters. The molecule has 0 radical (unpaired) electrons. The van der Waals surface area contributed by atoms with Gasteiger partial charge in [-0.3, -0.25) is 0 Å². The summed E-state index contributed by atoms with van der Waals surface area (Å²) in [5.74, 6) is -0.0106. The lowest BCUT2D eigenvalue weighted by Crippen LogP contribution is -2.75. The van der Waals surface area contributed by atoms with Crippen molar-refractivity contribution in [3.05, 3.63) is 23.8 Å². The van der Waals surface area contributed by atoms with E-state index < -0.39 is 11.5 Å². The second-order valence-electron chi connectivity index (χ2n) is 4.33. The molecule has 1 heterocycles. The van der Waals surface area contributed by atoms with Gasteiger partial charge >= 0.3 is 0 Å². The van der Waals surface area contributed by atoms with E-state index in [-0.39, 0.29) is 0 Å². The topological polar surface area (TPSA) is 86.2 Å². The van der Waals surface area contributed by atoms with Crippen LogP contribution in [0.15, 0.2) is 18.2 Å². The minimum Gasteiger partial charge on any atom is -0.543 e. The first kappa shape index (κ1) is 11.7. The molecule has 1 aliphatic heterocycles. The summed E-state index contributed by atoms with van der Waals surface area (Å²) in [4.78, 5) is 11.0. The summed E-state index contributed by atoms with van der Waals surface area (Å²) in [6.45, 7) is 2.67. The van der Waals surface area contributed by atoms with Crippen molar-refractivity contribution in [3.63, 3.8) is 0 Å². The normalized spacial score (nSPS) is 18.0. The number of aliphatic carboxylic acids is 1. The van der Waals surface area contributed by atoms with Crippen LogP contribution in [-0.2, 0) is 10.3 Å². The molecule has 2 rings (SSSR count). The third kappa shape index (κ3) is 2.19. The third-order valence-electron chi connectivity index (χ3n) is 2.84. The van der Waals surface area contributed by atoms with E-state index in [1.807, 2.05) is 0 Å². The molecule has 17 heavy (non-hydrogen) atoms. The second kappa shape index (κ2) is 4.25. The van der Waals surface area contributed by atoms with Gasteiger partial charge in [-0.05, 0) is 18.2 Å². The monoisotopic (exact) mass is 237 g/mol. The number of benzene rings is 1. The summed E-state index contributed by atoms with van der Waals surface area (Å²) < 4.78 is 11.0. The molecule has 0 bridgehead atoms. The van der Waals surface area contributed by atoms with Crippen LogP contribution in [0.3, 0.4) is 0 Å². The second-order valence-corrected chi connectivity index (χ2v) is 4.33. The lowest BCUT2D eigenvalue weighted by atomic mass is 9.93. The molecular weight excluding hydrogens is 222 g/mol. The number of rotatable bonds is 2. The molecule has 3 N–H and O–H groups in total. The molecule has 0 aliphatic carbocycles. The number of carbonyl (C=O) groups excluding carboxylic acids is 1. The van der Waals surface area contributed by atoms with Crippen molar-refractivity contribution < 1.29 is 25.1 Å². The molecule has 1 atom stereocenters. The molecule has 0 spiro atoms. The Hall–Kier alpha value is -1.75. The molecule has 5 heteroatoms. The summed E-state index contributed by atoms with van der Waals surface area (Å²) in [6, 6.07) is 5.04. The number of carboxylic acids is 1. The van der Waals surface area contributed by atoms with Gasteiger partial charge in [0.25, 0.3) is 0 Å². The van der Waals surface area contributed by atoms with Crippen LogP contribution < -0.4 is 20.3 Å². The Balaban J connectivity index is 2.39. The summed E-state index contributed by atoms with van der Waals surface area (Å²) in [7, 11) is 0. The van der Waals surface area contributed by atoms with Gasteiger partial charge in [0.05, 0.1) is 13.2 Å². The van der Waals surface area contributed by atoms with Gasteiger partial charge in [-0.1, -0.05) is 0 Å². The van der Waals surface area contributed by atoms with Gasteiger partial charge in [0.15, 0.2) is 17.0 Å². The lowest BCUT2D eigenvalue weighted by Gasteiger charge is -2.23. The molecule has 0 aromatic heterocycles. The maximum Gasteiger partial charge on any atom is 0.161 e. The van der Waals surface area contributed by atoms with Crippen LogP contribution in [0.4, 0.5) is 0 Å². The molecule has 0 saturated carbocycles. The summed E-state index contributed by atoms with van der Waals surface area (Å²) in [6.07, 6.45) is 0.812. The highest BCUT2D eigenvalue weighted by Gasteiger charge is 2.28. The Morgan fingerprint density at radius 2 is 2.00 bits per heavy atom. The van der Waals surface area contributed by atoms with Crippen LogP contribution in [0.5, 0.6) is 11.5 Å². The van der Waals surface area contributed by atoms with E-state index in [0.717, 1.165) is 6.42 Å². The molecule has 0 fully saturated rings. The van der Waals surface area contributed by atoms with Gasteiger partial charge < -0.3 is 25.1 Å². The average molecular weight is 237 g/mol. The van der Waals surface area contributed by atoms with E-state index in [2.05, 4.69) is 5.73 Å². The molecule has 1 aromatic rings. The van der Waals surface area contributed by atoms with Crippen molar-refractivity contribution in [3.8, 4) is 11.5 Å². The van der Waals surface area contributed by atoms with Crippen LogP contribution in [0, 0.1) is 0 Å². The lowest BCUT2D eigenvalue weighted by molar-refractivity contribution is -0.489. The third-order valence-corrected chi connectivity index (χ3v) is 2.84. The van der Waals surface area contributed by atoms with Gasteiger partial charge in [-0.25, -0.2) is 0 Å². The van der Waals surface area contributed by atoms with E-state index in [9.17, 15) is 9.90 Å². The highest BCUT2D eigenvalue weighted by Crippen LogP contribution is 2.32. The van der Waals surface area contributed by atoms with E-state index in [1.54, 1.807) is 18.2 Å². The molecule has 1 aromatic carbocycles. The maximum absolute atomic E-state index is 11.0. The van der Waals surface area contributed by atoms with Gasteiger partial charge in [0.2, 0.25) is 0 Å². The van der Waals surface area contributed by atoms with Crippen molar-refractivity contribution in [2.45, 2.75) is 18.9 Å². The molecule has 1 aliphatic rings. The van der Waals surface area contributed by atoms with Crippen LogP contribution in [0.1, 0.15) is 18.9 Å². The van der Waals surface area contributed by atoms with E-state index >= 15 is 0 Å². The highest BCUT2D eigenvalue weighted by atomic mass is 16.5. The van der Waals surface area contributed by atoms with Crippen molar-refractivity contribution in [2.75, 3.05) is 13.2 Å². The van der Waals surface area contributed by atoms with Crippen molar-refractivity contribution in [2.24, 2.45) is 0 Å². The fraction of sp³-hybridized carbons (Fsp3) is 0.417. The zero-order chi connectivity index (χ0) is 12.5. The number of quaternary nitrogens is 1. The fourth-order valence-corrected chi connectivity index (χ4v) is 1.62. The van der Waals surface area contributed by atoms with Gasteiger partial charge in [0.1, 0.15) is 5.97 Å². The minimum absolute atomic E-state index is 0.543. The summed E-state index contributed by atoms with van der Waals surface area (Å²) in [5, 5.41) is 11.0. The van der Waals surface area contributed by atoms with Crippen LogP contribution in [0.2, 0.25) is 0 Å². The Bertz CT molecular complexity index is 442. The predicted octanol–water partition coefficient (Wildman–Crippen LogP) is -0.945. The highest BCUT2D eigenvalue weighted by molar-refractivity contribution is 5.76. The summed E-state index contributed by atoms with van der Waals surface area (Å²) >= 11 is 0. The first-order valence-electron chi connectivity index (χ1n) is 5.49. The Morgan fingerprint density at radius 1 is 1.35 bits per heavy atom. The minimum atomic E-state index is -1.29. The number of hydrogen-bond acceptors (Lipinski definition) is 4. The van der Waals surface area contributed by atoms with E-state index in [0.29, 0.717) is 30.3 Å². The Kier molecular flexibility index (Phi) is 2.93. The zero-order valence-electron chi connectivity index (χ0n) is 9.69. The quantitative estimate of drug-likeness (QED) is 0.719. The number of fused-ring (bicyclic) bond motifs is 1. The maximum atomic E-state index is 11.0. The predicted molar refractivity (Wildman–Crippen MR) is 57.3 cm³/mol. The Morgan fingerprint density at radius 3 is 2.65 bits per heavy atom. The molecule has 0 amide bonds.